The largest absolute Gasteiger partial charge is 0.356 e. The van der Waals surface area contributed by atoms with Gasteiger partial charge in [0, 0.05) is 31.4 Å². The summed E-state index contributed by atoms with van der Waals surface area (Å²) in [4.78, 5) is 8.92. The number of rotatable bonds is 5. The van der Waals surface area contributed by atoms with Crippen LogP contribution in [0, 0.1) is 5.92 Å². The summed E-state index contributed by atoms with van der Waals surface area (Å²) in [5.74, 6) is 1.82. The fourth-order valence-corrected chi connectivity index (χ4v) is 3.51. The van der Waals surface area contributed by atoms with Crippen molar-refractivity contribution in [2.45, 2.75) is 58.4 Å². The van der Waals surface area contributed by atoms with Gasteiger partial charge in [-0.05, 0) is 38.0 Å². The Balaban J connectivity index is 1.70. The number of hydrogen-bond acceptors (Lipinski definition) is 3. The molecule has 21 heavy (non-hydrogen) atoms. The maximum atomic E-state index is 4.59. The predicted molar refractivity (Wildman–Crippen MR) is 91.1 cm³/mol. The van der Waals surface area contributed by atoms with E-state index in [0.717, 1.165) is 31.3 Å². The van der Waals surface area contributed by atoms with E-state index in [1.807, 2.05) is 7.05 Å². The molecule has 1 aromatic rings. The highest BCUT2D eigenvalue weighted by atomic mass is 32.1. The predicted octanol–water partition coefficient (Wildman–Crippen LogP) is 2.99. The molecule has 2 rings (SSSR count). The first kappa shape index (κ1) is 16.3. The van der Waals surface area contributed by atoms with Gasteiger partial charge in [0.2, 0.25) is 0 Å². The Morgan fingerprint density at radius 2 is 2.14 bits per heavy atom. The molecular weight excluding hydrogens is 280 g/mol. The normalized spacial score (nSPS) is 23.1. The zero-order chi connectivity index (χ0) is 15.1. The minimum atomic E-state index is 0.582. The second kappa shape index (κ2) is 8.37. The lowest BCUT2D eigenvalue weighted by atomic mass is 9.87. The molecule has 0 bridgehead atoms. The first-order valence-corrected chi connectivity index (χ1v) is 8.99. The van der Waals surface area contributed by atoms with Crippen molar-refractivity contribution in [1.29, 1.82) is 0 Å². The quantitative estimate of drug-likeness (QED) is 0.649. The van der Waals surface area contributed by atoms with Crippen LogP contribution >= 0.6 is 11.3 Å². The lowest BCUT2D eigenvalue weighted by Crippen LogP contribution is -2.45. The Hall–Kier alpha value is -1.10. The van der Waals surface area contributed by atoms with Gasteiger partial charge >= 0.3 is 0 Å². The van der Waals surface area contributed by atoms with Crippen LogP contribution in [0.1, 0.15) is 50.2 Å². The van der Waals surface area contributed by atoms with Crippen molar-refractivity contribution in [3.63, 3.8) is 0 Å². The molecule has 0 aliphatic heterocycles. The molecule has 0 amide bonds. The van der Waals surface area contributed by atoms with Gasteiger partial charge in [0.1, 0.15) is 0 Å². The van der Waals surface area contributed by atoms with Crippen molar-refractivity contribution in [2.75, 3.05) is 13.6 Å². The van der Waals surface area contributed by atoms with Gasteiger partial charge in [-0.3, -0.25) is 4.99 Å². The molecular formula is C16H28N4S. The van der Waals surface area contributed by atoms with Crippen LogP contribution < -0.4 is 10.6 Å². The smallest absolute Gasteiger partial charge is 0.191 e. The molecule has 2 N–H and O–H groups in total. The summed E-state index contributed by atoms with van der Waals surface area (Å²) in [5.41, 5.74) is 1.19. The number of aromatic nitrogens is 1. The molecule has 0 radical (unpaired) electrons. The topological polar surface area (TPSA) is 49.3 Å². The Morgan fingerprint density at radius 3 is 2.76 bits per heavy atom. The standard InChI is InChI=1S/C16H28N4S/c1-4-15-19-14(11-21-15)9-10-18-16(17-3)20-13-7-5-12(2)6-8-13/h11-13H,4-10H2,1-3H3,(H2,17,18,20). The molecule has 5 heteroatoms. The first-order chi connectivity index (χ1) is 10.2. The van der Waals surface area contributed by atoms with Crippen LogP contribution in [0.15, 0.2) is 10.4 Å². The van der Waals surface area contributed by atoms with Crippen molar-refractivity contribution in [1.82, 2.24) is 15.6 Å². The van der Waals surface area contributed by atoms with E-state index in [1.165, 1.54) is 36.4 Å². The Labute approximate surface area is 132 Å². The molecule has 1 aromatic heterocycles. The minimum Gasteiger partial charge on any atom is -0.356 e. The molecule has 1 fully saturated rings. The van der Waals surface area contributed by atoms with Crippen LogP contribution in [0.4, 0.5) is 0 Å². The van der Waals surface area contributed by atoms with Crippen molar-refractivity contribution < 1.29 is 0 Å². The van der Waals surface area contributed by atoms with Crippen LogP contribution in [0.3, 0.4) is 0 Å². The lowest BCUT2D eigenvalue weighted by molar-refractivity contribution is 0.329. The van der Waals surface area contributed by atoms with Crippen LogP contribution in [0.2, 0.25) is 0 Å². The number of nitrogens with zero attached hydrogens (tertiary/aromatic N) is 2. The molecule has 1 aliphatic rings. The molecule has 0 aromatic carbocycles. The highest BCUT2D eigenvalue weighted by Crippen LogP contribution is 2.23. The van der Waals surface area contributed by atoms with E-state index >= 15 is 0 Å². The zero-order valence-corrected chi connectivity index (χ0v) is 14.3. The van der Waals surface area contributed by atoms with E-state index in [-0.39, 0.29) is 0 Å². The molecule has 4 nitrogen and oxygen atoms in total. The molecule has 1 aliphatic carbocycles. The number of hydrogen-bond donors (Lipinski definition) is 2. The van der Waals surface area contributed by atoms with E-state index in [2.05, 4.69) is 39.8 Å². The minimum absolute atomic E-state index is 0.582. The van der Waals surface area contributed by atoms with Crippen LogP contribution in [-0.4, -0.2) is 30.6 Å². The summed E-state index contributed by atoms with van der Waals surface area (Å²) in [5, 5.41) is 10.3. The highest BCUT2D eigenvalue weighted by Gasteiger charge is 2.18. The van der Waals surface area contributed by atoms with Gasteiger partial charge in [-0.2, -0.15) is 0 Å². The molecule has 1 heterocycles. The lowest BCUT2D eigenvalue weighted by Gasteiger charge is -2.28. The number of nitrogens with one attached hydrogen (secondary N) is 2. The Morgan fingerprint density at radius 1 is 1.38 bits per heavy atom. The van der Waals surface area contributed by atoms with E-state index in [0.29, 0.717) is 6.04 Å². The SMILES string of the molecule is CCc1nc(CCNC(=NC)NC2CCC(C)CC2)cs1. The maximum Gasteiger partial charge on any atom is 0.191 e. The molecule has 0 saturated heterocycles. The number of guanidine groups is 1. The third-order valence-electron chi connectivity index (χ3n) is 4.16. The Bertz CT molecular complexity index is 447. The third kappa shape index (κ3) is 5.30. The maximum absolute atomic E-state index is 4.59. The van der Waals surface area contributed by atoms with Gasteiger partial charge in [0.15, 0.2) is 5.96 Å². The van der Waals surface area contributed by atoms with E-state index < -0.39 is 0 Å². The van der Waals surface area contributed by atoms with Gasteiger partial charge in [-0.15, -0.1) is 11.3 Å². The van der Waals surface area contributed by atoms with Gasteiger partial charge in [-0.1, -0.05) is 13.8 Å². The molecule has 1 saturated carbocycles. The first-order valence-electron chi connectivity index (χ1n) is 8.11. The Kier molecular flexibility index (Phi) is 6.49. The summed E-state index contributed by atoms with van der Waals surface area (Å²) in [6.45, 7) is 5.38. The van der Waals surface area contributed by atoms with Gasteiger partial charge < -0.3 is 10.6 Å². The fourth-order valence-electron chi connectivity index (χ4n) is 2.73. The van der Waals surface area contributed by atoms with Crippen molar-refractivity contribution >= 4 is 17.3 Å². The fraction of sp³-hybridized carbons (Fsp3) is 0.750. The van der Waals surface area contributed by atoms with Crippen molar-refractivity contribution in [3.05, 3.63) is 16.1 Å². The summed E-state index contributed by atoms with van der Waals surface area (Å²) in [7, 11) is 1.85. The molecule has 0 atom stereocenters. The average molecular weight is 308 g/mol. The van der Waals surface area contributed by atoms with Crippen LogP contribution in [0.25, 0.3) is 0 Å². The second-order valence-corrected chi connectivity index (χ2v) is 6.88. The molecule has 118 valence electrons. The van der Waals surface area contributed by atoms with Gasteiger partial charge in [0.05, 0.1) is 10.7 Å². The number of aryl methyl sites for hydroxylation is 1. The van der Waals surface area contributed by atoms with E-state index in [4.69, 9.17) is 0 Å². The second-order valence-electron chi connectivity index (χ2n) is 5.94. The number of aliphatic imine (C=N–C) groups is 1. The summed E-state index contributed by atoms with van der Waals surface area (Å²) in [6, 6.07) is 0.582. The average Bonchev–Trinajstić information content (AvgIpc) is 2.96. The highest BCUT2D eigenvalue weighted by molar-refractivity contribution is 7.09. The van der Waals surface area contributed by atoms with E-state index in [1.54, 1.807) is 11.3 Å². The molecule has 0 unspecified atom stereocenters. The number of thiazole rings is 1. The summed E-state index contributed by atoms with van der Waals surface area (Å²) in [6.07, 6.45) is 7.16. The zero-order valence-electron chi connectivity index (χ0n) is 13.5. The van der Waals surface area contributed by atoms with Crippen molar-refractivity contribution in [2.24, 2.45) is 10.9 Å². The molecule has 0 spiro atoms. The van der Waals surface area contributed by atoms with Gasteiger partial charge in [-0.25, -0.2) is 4.98 Å². The van der Waals surface area contributed by atoms with Crippen LogP contribution in [-0.2, 0) is 12.8 Å². The monoisotopic (exact) mass is 308 g/mol. The summed E-state index contributed by atoms with van der Waals surface area (Å²) < 4.78 is 0. The van der Waals surface area contributed by atoms with Gasteiger partial charge in [0.25, 0.3) is 0 Å². The van der Waals surface area contributed by atoms with Crippen molar-refractivity contribution in [3.8, 4) is 0 Å². The van der Waals surface area contributed by atoms with Crippen LogP contribution in [0.5, 0.6) is 0 Å². The summed E-state index contributed by atoms with van der Waals surface area (Å²) >= 11 is 1.76. The third-order valence-corrected chi connectivity index (χ3v) is 5.20. The van der Waals surface area contributed by atoms with E-state index in [9.17, 15) is 0 Å².